The van der Waals surface area contributed by atoms with Crippen LogP contribution in [0, 0.1) is 6.92 Å². The Hall–Kier alpha value is -1.94. The SMILES string of the molecule is COc1ccc([C@@H]2CCCN2C(=O)CSc2ccc(C)cc2)cc1. The number of nitrogens with zero attached hydrogens (tertiary/aromatic N) is 1. The molecular formula is C20H23NO2S. The maximum Gasteiger partial charge on any atom is 0.233 e. The molecule has 0 radical (unpaired) electrons. The summed E-state index contributed by atoms with van der Waals surface area (Å²) < 4.78 is 5.22. The molecule has 2 aromatic rings. The first-order chi connectivity index (χ1) is 11.7. The largest absolute Gasteiger partial charge is 0.497 e. The van der Waals surface area contributed by atoms with Gasteiger partial charge in [0.2, 0.25) is 5.91 Å². The van der Waals surface area contributed by atoms with Gasteiger partial charge in [-0.05, 0) is 49.6 Å². The van der Waals surface area contributed by atoms with Crippen molar-refractivity contribution >= 4 is 17.7 Å². The minimum Gasteiger partial charge on any atom is -0.497 e. The van der Waals surface area contributed by atoms with Crippen molar-refractivity contribution in [2.45, 2.75) is 30.7 Å². The predicted molar refractivity (Wildman–Crippen MR) is 98.6 cm³/mol. The monoisotopic (exact) mass is 341 g/mol. The van der Waals surface area contributed by atoms with Gasteiger partial charge in [-0.25, -0.2) is 0 Å². The van der Waals surface area contributed by atoms with Crippen molar-refractivity contribution in [2.24, 2.45) is 0 Å². The molecule has 2 aromatic carbocycles. The maximum atomic E-state index is 12.7. The average Bonchev–Trinajstić information content (AvgIpc) is 3.11. The third-order valence-electron chi connectivity index (χ3n) is 4.46. The zero-order valence-electron chi connectivity index (χ0n) is 14.2. The Morgan fingerprint density at radius 1 is 1.17 bits per heavy atom. The molecule has 24 heavy (non-hydrogen) atoms. The fraction of sp³-hybridized carbons (Fsp3) is 0.350. The Bertz CT molecular complexity index is 682. The van der Waals surface area contributed by atoms with Gasteiger partial charge in [-0.15, -0.1) is 11.8 Å². The molecule has 1 atom stereocenters. The Kier molecular flexibility index (Phi) is 5.46. The second kappa shape index (κ2) is 7.75. The quantitative estimate of drug-likeness (QED) is 0.752. The van der Waals surface area contributed by atoms with Crippen LogP contribution >= 0.6 is 11.8 Å². The number of benzene rings is 2. The van der Waals surface area contributed by atoms with Crippen LogP contribution in [0.5, 0.6) is 5.75 Å². The number of ether oxygens (including phenoxy) is 1. The number of hydrogen-bond acceptors (Lipinski definition) is 3. The summed E-state index contributed by atoms with van der Waals surface area (Å²) in [6.07, 6.45) is 2.10. The lowest BCUT2D eigenvalue weighted by atomic mass is 10.0. The van der Waals surface area contributed by atoms with Crippen molar-refractivity contribution < 1.29 is 9.53 Å². The average molecular weight is 341 g/mol. The van der Waals surface area contributed by atoms with Crippen molar-refractivity contribution in [1.29, 1.82) is 0 Å². The maximum absolute atomic E-state index is 12.7. The Balaban J connectivity index is 1.63. The van der Waals surface area contributed by atoms with Crippen molar-refractivity contribution in [3.63, 3.8) is 0 Å². The number of amides is 1. The molecule has 0 bridgehead atoms. The molecule has 1 heterocycles. The number of hydrogen-bond donors (Lipinski definition) is 0. The zero-order chi connectivity index (χ0) is 16.9. The van der Waals surface area contributed by atoms with Crippen LogP contribution in [0.4, 0.5) is 0 Å². The fourth-order valence-electron chi connectivity index (χ4n) is 3.10. The van der Waals surface area contributed by atoms with Crippen LogP contribution in [0.2, 0.25) is 0 Å². The number of thioether (sulfide) groups is 1. The van der Waals surface area contributed by atoms with Gasteiger partial charge in [0, 0.05) is 11.4 Å². The van der Waals surface area contributed by atoms with Gasteiger partial charge in [-0.3, -0.25) is 4.79 Å². The lowest BCUT2D eigenvalue weighted by Crippen LogP contribution is -2.31. The summed E-state index contributed by atoms with van der Waals surface area (Å²) in [5.74, 6) is 1.57. The summed E-state index contributed by atoms with van der Waals surface area (Å²) in [4.78, 5) is 15.9. The van der Waals surface area contributed by atoms with E-state index in [1.807, 2.05) is 17.0 Å². The Morgan fingerprint density at radius 2 is 1.88 bits per heavy atom. The molecule has 0 aliphatic carbocycles. The van der Waals surface area contributed by atoms with E-state index in [0.29, 0.717) is 5.75 Å². The molecule has 126 valence electrons. The Labute approximate surface area is 148 Å². The van der Waals surface area contributed by atoms with Crippen LogP contribution in [-0.4, -0.2) is 30.2 Å². The summed E-state index contributed by atoms with van der Waals surface area (Å²) in [7, 11) is 1.67. The number of methoxy groups -OCH3 is 1. The van der Waals surface area contributed by atoms with Gasteiger partial charge < -0.3 is 9.64 Å². The summed E-state index contributed by atoms with van der Waals surface area (Å²) >= 11 is 1.62. The fourth-order valence-corrected chi connectivity index (χ4v) is 3.88. The summed E-state index contributed by atoms with van der Waals surface area (Å²) in [6, 6.07) is 16.6. The standard InChI is InChI=1S/C20H23NO2S/c1-15-5-11-18(12-6-15)24-14-20(22)21-13-3-4-19(21)16-7-9-17(23-2)10-8-16/h5-12,19H,3-4,13-14H2,1-2H3/t19-/m0/s1. The van der Waals surface area contributed by atoms with E-state index in [1.165, 1.54) is 11.1 Å². The van der Waals surface area contributed by atoms with Crippen molar-refractivity contribution in [2.75, 3.05) is 19.4 Å². The molecule has 0 N–H and O–H groups in total. The van der Waals surface area contributed by atoms with E-state index in [9.17, 15) is 4.79 Å². The van der Waals surface area contributed by atoms with Gasteiger partial charge >= 0.3 is 0 Å². The molecule has 1 amide bonds. The summed E-state index contributed by atoms with van der Waals surface area (Å²) in [5, 5.41) is 0. The minimum atomic E-state index is 0.196. The Morgan fingerprint density at radius 3 is 2.54 bits per heavy atom. The first-order valence-corrected chi connectivity index (χ1v) is 9.29. The molecule has 3 rings (SSSR count). The van der Waals surface area contributed by atoms with Crippen LogP contribution < -0.4 is 4.74 Å². The lowest BCUT2D eigenvalue weighted by molar-refractivity contribution is -0.129. The van der Waals surface area contributed by atoms with E-state index in [-0.39, 0.29) is 11.9 Å². The van der Waals surface area contributed by atoms with Gasteiger partial charge in [0.1, 0.15) is 5.75 Å². The van der Waals surface area contributed by atoms with E-state index in [2.05, 4.69) is 43.3 Å². The lowest BCUT2D eigenvalue weighted by Gasteiger charge is -2.25. The molecule has 1 saturated heterocycles. The van der Waals surface area contributed by atoms with Gasteiger partial charge in [0.15, 0.2) is 0 Å². The molecular weight excluding hydrogens is 318 g/mol. The second-order valence-corrected chi connectivity index (χ2v) is 7.17. The highest BCUT2D eigenvalue weighted by Crippen LogP contribution is 2.33. The minimum absolute atomic E-state index is 0.196. The van der Waals surface area contributed by atoms with Crippen molar-refractivity contribution in [1.82, 2.24) is 4.90 Å². The molecule has 0 unspecified atom stereocenters. The van der Waals surface area contributed by atoms with Gasteiger partial charge in [-0.2, -0.15) is 0 Å². The highest BCUT2D eigenvalue weighted by molar-refractivity contribution is 8.00. The topological polar surface area (TPSA) is 29.5 Å². The predicted octanol–water partition coefficient (Wildman–Crippen LogP) is 4.46. The highest BCUT2D eigenvalue weighted by Gasteiger charge is 2.29. The second-order valence-electron chi connectivity index (χ2n) is 6.12. The van der Waals surface area contributed by atoms with Crippen LogP contribution in [0.15, 0.2) is 53.4 Å². The number of aryl methyl sites for hydroxylation is 1. The van der Waals surface area contributed by atoms with E-state index in [1.54, 1.807) is 18.9 Å². The van der Waals surface area contributed by atoms with Crippen LogP contribution in [0.25, 0.3) is 0 Å². The third-order valence-corrected chi connectivity index (χ3v) is 5.45. The van der Waals surface area contributed by atoms with Crippen LogP contribution in [-0.2, 0) is 4.79 Å². The molecule has 3 nitrogen and oxygen atoms in total. The normalized spacial score (nSPS) is 17.1. The summed E-state index contributed by atoms with van der Waals surface area (Å²) in [5.41, 5.74) is 2.44. The number of rotatable bonds is 5. The third kappa shape index (κ3) is 3.93. The van der Waals surface area contributed by atoms with Crippen molar-refractivity contribution in [3.05, 3.63) is 59.7 Å². The molecule has 1 aliphatic heterocycles. The van der Waals surface area contributed by atoms with Gasteiger partial charge in [0.25, 0.3) is 0 Å². The zero-order valence-corrected chi connectivity index (χ0v) is 15.0. The molecule has 1 fully saturated rings. The summed E-state index contributed by atoms with van der Waals surface area (Å²) in [6.45, 7) is 2.92. The van der Waals surface area contributed by atoms with E-state index in [0.717, 1.165) is 30.0 Å². The van der Waals surface area contributed by atoms with E-state index < -0.39 is 0 Å². The molecule has 4 heteroatoms. The van der Waals surface area contributed by atoms with Crippen LogP contribution in [0.3, 0.4) is 0 Å². The first kappa shape index (κ1) is 16.9. The van der Waals surface area contributed by atoms with Gasteiger partial charge in [-0.1, -0.05) is 29.8 Å². The number of likely N-dealkylation sites (tertiary alicyclic amines) is 1. The van der Waals surface area contributed by atoms with Crippen LogP contribution in [0.1, 0.15) is 30.0 Å². The molecule has 0 saturated carbocycles. The first-order valence-electron chi connectivity index (χ1n) is 8.30. The van der Waals surface area contributed by atoms with E-state index >= 15 is 0 Å². The van der Waals surface area contributed by atoms with Gasteiger partial charge in [0.05, 0.1) is 18.9 Å². The molecule has 1 aliphatic rings. The molecule has 0 aromatic heterocycles. The highest BCUT2D eigenvalue weighted by atomic mass is 32.2. The number of carbonyl (C=O) groups excluding carboxylic acids is 1. The van der Waals surface area contributed by atoms with Crippen molar-refractivity contribution in [3.8, 4) is 5.75 Å². The van der Waals surface area contributed by atoms with E-state index in [4.69, 9.17) is 4.74 Å². The number of carbonyl (C=O) groups is 1. The smallest absolute Gasteiger partial charge is 0.233 e. The molecule has 0 spiro atoms.